The normalized spacial score (nSPS) is 20.6. The summed E-state index contributed by atoms with van der Waals surface area (Å²) in [7, 11) is 1.65. The molecule has 5 rings (SSSR count). The fourth-order valence-corrected chi connectivity index (χ4v) is 5.42. The summed E-state index contributed by atoms with van der Waals surface area (Å²) >= 11 is 1.49. The number of thiazole rings is 1. The van der Waals surface area contributed by atoms with E-state index in [1.54, 1.807) is 7.11 Å². The summed E-state index contributed by atoms with van der Waals surface area (Å²) in [6.45, 7) is 5.31. The number of fused-ring (bicyclic) bond motifs is 1. The predicted molar refractivity (Wildman–Crippen MR) is 123 cm³/mol. The average molecular weight is 457 g/mol. The van der Waals surface area contributed by atoms with Crippen LogP contribution in [0.15, 0.2) is 23.6 Å². The first-order valence-electron chi connectivity index (χ1n) is 11.0. The minimum absolute atomic E-state index is 0.0860. The Balaban J connectivity index is 1.35. The van der Waals surface area contributed by atoms with Gasteiger partial charge in [-0.15, -0.1) is 21.5 Å². The van der Waals surface area contributed by atoms with Gasteiger partial charge < -0.3 is 24.4 Å². The van der Waals surface area contributed by atoms with E-state index in [1.807, 2.05) is 5.38 Å². The van der Waals surface area contributed by atoms with E-state index in [-0.39, 0.29) is 5.92 Å². The first-order chi connectivity index (χ1) is 15.7. The third-order valence-corrected chi connectivity index (χ3v) is 7.17. The molecule has 1 aromatic carbocycles. The van der Waals surface area contributed by atoms with Crippen molar-refractivity contribution in [2.24, 2.45) is 5.92 Å². The number of morpholine rings is 1. The molecule has 2 atom stereocenters. The first kappa shape index (κ1) is 21.4. The molecule has 9 nitrogen and oxygen atoms in total. The lowest BCUT2D eigenvalue weighted by Gasteiger charge is -2.35. The fourth-order valence-electron chi connectivity index (χ4n) is 4.54. The molecule has 170 valence electrons. The van der Waals surface area contributed by atoms with E-state index in [4.69, 9.17) is 9.47 Å². The Kier molecular flexibility index (Phi) is 6.44. The molecule has 10 heteroatoms. The van der Waals surface area contributed by atoms with Gasteiger partial charge in [0.25, 0.3) is 0 Å². The number of aliphatic hydroxyl groups is 1. The largest absolute Gasteiger partial charge is 0.386 e. The lowest BCUT2D eigenvalue weighted by Crippen LogP contribution is -2.38. The molecule has 0 spiro atoms. The zero-order chi connectivity index (χ0) is 21.9. The molecule has 2 unspecified atom stereocenters. The average Bonchev–Trinajstić information content (AvgIpc) is 3.32. The Labute approximate surface area is 191 Å². The van der Waals surface area contributed by atoms with Crippen LogP contribution in [-0.2, 0) is 16.1 Å². The van der Waals surface area contributed by atoms with E-state index in [1.165, 1.54) is 11.3 Å². The third kappa shape index (κ3) is 4.40. The number of anilines is 2. The van der Waals surface area contributed by atoms with Crippen molar-refractivity contribution in [2.45, 2.75) is 25.6 Å². The smallest absolute Gasteiger partial charge is 0.162 e. The van der Waals surface area contributed by atoms with Crippen molar-refractivity contribution in [1.29, 1.82) is 0 Å². The molecule has 2 fully saturated rings. The van der Waals surface area contributed by atoms with Crippen molar-refractivity contribution >= 4 is 33.7 Å². The molecule has 2 aliphatic rings. The van der Waals surface area contributed by atoms with Gasteiger partial charge in [0, 0.05) is 55.7 Å². The third-order valence-electron chi connectivity index (χ3n) is 6.21. The highest BCUT2D eigenvalue weighted by Crippen LogP contribution is 2.35. The van der Waals surface area contributed by atoms with Gasteiger partial charge in [-0.25, -0.2) is 4.98 Å². The molecule has 0 aliphatic carbocycles. The van der Waals surface area contributed by atoms with Crippen molar-refractivity contribution in [3.05, 3.63) is 34.3 Å². The molecule has 3 aromatic rings. The highest BCUT2D eigenvalue weighted by Gasteiger charge is 2.30. The molecular formula is C22H28N6O3S. The number of rotatable bonds is 6. The number of ether oxygens (including phenoxy) is 2. The van der Waals surface area contributed by atoms with Crippen LogP contribution in [0.3, 0.4) is 0 Å². The monoisotopic (exact) mass is 456 g/mol. The summed E-state index contributed by atoms with van der Waals surface area (Å²) in [5, 5.41) is 27.4. The van der Waals surface area contributed by atoms with Crippen LogP contribution < -0.4 is 9.80 Å². The Bertz CT molecular complexity index is 1060. The topological polar surface area (TPSA) is 96.7 Å². The van der Waals surface area contributed by atoms with E-state index in [0.29, 0.717) is 13.2 Å². The number of nitrogens with zero attached hydrogens (tertiary/aromatic N) is 6. The maximum atomic E-state index is 11.0. The number of methoxy groups -OCH3 is 1. The summed E-state index contributed by atoms with van der Waals surface area (Å²) in [6.07, 6.45) is 1.34. The van der Waals surface area contributed by atoms with Crippen LogP contribution in [0.25, 0.3) is 10.9 Å². The van der Waals surface area contributed by atoms with Crippen LogP contribution in [-0.4, -0.2) is 72.0 Å². The van der Waals surface area contributed by atoms with Crippen molar-refractivity contribution in [3.8, 4) is 0 Å². The van der Waals surface area contributed by atoms with Gasteiger partial charge in [0.05, 0.1) is 25.5 Å². The van der Waals surface area contributed by atoms with E-state index in [2.05, 4.69) is 48.4 Å². The van der Waals surface area contributed by atoms with Crippen LogP contribution in [0.4, 0.5) is 11.5 Å². The molecule has 0 amide bonds. The summed E-state index contributed by atoms with van der Waals surface area (Å²) in [6, 6.07) is 6.31. The van der Waals surface area contributed by atoms with Crippen molar-refractivity contribution in [3.63, 3.8) is 0 Å². The zero-order valence-electron chi connectivity index (χ0n) is 18.2. The molecule has 0 saturated carbocycles. The standard InChI is InChI=1S/C22H28N6O3S/c1-30-13-16-14-32-22(23-16)20(29)15-3-2-6-28(12-15)21-18-5-4-17(11-19(18)24-26-25-21)27-7-9-31-10-8-27/h4-5,11,14-15,20,29H,2-3,6-10,12-13H2,1H3. The lowest BCUT2D eigenvalue weighted by atomic mass is 9.92. The van der Waals surface area contributed by atoms with Crippen LogP contribution >= 0.6 is 11.3 Å². The molecule has 2 saturated heterocycles. The first-order valence-corrected chi connectivity index (χ1v) is 11.9. The van der Waals surface area contributed by atoms with Gasteiger partial charge in [-0.1, -0.05) is 0 Å². The van der Waals surface area contributed by atoms with Crippen LogP contribution in [0.2, 0.25) is 0 Å². The Hall–Kier alpha value is -2.40. The maximum absolute atomic E-state index is 11.0. The number of aliphatic hydroxyl groups excluding tert-OH is 1. The second kappa shape index (κ2) is 9.62. The van der Waals surface area contributed by atoms with E-state index < -0.39 is 6.10 Å². The van der Waals surface area contributed by atoms with Crippen molar-refractivity contribution in [2.75, 3.05) is 56.3 Å². The highest BCUT2D eigenvalue weighted by molar-refractivity contribution is 7.09. The number of benzene rings is 1. The minimum Gasteiger partial charge on any atom is -0.386 e. The van der Waals surface area contributed by atoms with Gasteiger partial charge in [0.15, 0.2) is 5.82 Å². The van der Waals surface area contributed by atoms with Crippen LogP contribution in [0.5, 0.6) is 0 Å². The van der Waals surface area contributed by atoms with Crippen LogP contribution in [0.1, 0.15) is 29.6 Å². The Morgan fingerprint density at radius 3 is 2.94 bits per heavy atom. The molecule has 2 aromatic heterocycles. The van der Waals surface area contributed by atoms with Crippen LogP contribution in [0, 0.1) is 5.92 Å². The summed E-state index contributed by atoms with van der Waals surface area (Å²) < 4.78 is 10.6. The number of hydrogen-bond acceptors (Lipinski definition) is 10. The summed E-state index contributed by atoms with van der Waals surface area (Å²) in [4.78, 5) is 9.09. The molecule has 0 radical (unpaired) electrons. The number of hydrogen-bond donors (Lipinski definition) is 1. The number of aromatic nitrogens is 4. The van der Waals surface area contributed by atoms with Crippen molar-refractivity contribution < 1.29 is 14.6 Å². The van der Waals surface area contributed by atoms with Gasteiger partial charge in [-0.3, -0.25) is 0 Å². The van der Waals surface area contributed by atoms with E-state index in [9.17, 15) is 5.11 Å². The SMILES string of the molecule is COCc1csc(C(O)C2CCCN(c3nnnc4cc(N5CCOCC5)ccc34)C2)n1. The zero-order valence-corrected chi connectivity index (χ0v) is 19.0. The van der Waals surface area contributed by atoms with Crippen molar-refractivity contribution in [1.82, 2.24) is 20.4 Å². The molecule has 2 aliphatic heterocycles. The molecule has 4 heterocycles. The maximum Gasteiger partial charge on any atom is 0.162 e. The molecular weight excluding hydrogens is 428 g/mol. The fraction of sp³-hybridized carbons (Fsp3) is 0.545. The quantitative estimate of drug-likeness (QED) is 0.600. The van der Waals surface area contributed by atoms with Gasteiger partial charge in [0.1, 0.15) is 16.6 Å². The summed E-state index contributed by atoms with van der Waals surface area (Å²) in [5.41, 5.74) is 2.84. The van der Waals surface area contributed by atoms with Gasteiger partial charge in [0.2, 0.25) is 0 Å². The lowest BCUT2D eigenvalue weighted by molar-refractivity contribution is 0.0971. The highest BCUT2D eigenvalue weighted by atomic mass is 32.1. The minimum atomic E-state index is -0.595. The van der Waals surface area contributed by atoms with E-state index in [0.717, 1.165) is 78.8 Å². The predicted octanol–water partition coefficient (Wildman–Crippen LogP) is 2.41. The number of piperidine rings is 1. The second-order valence-electron chi connectivity index (χ2n) is 8.32. The second-order valence-corrected chi connectivity index (χ2v) is 9.21. The molecule has 32 heavy (non-hydrogen) atoms. The van der Waals surface area contributed by atoms with Gasteiger partial charge in [-0.2, -0.15) is 0 Å². The molecule has 1 N–H and O–H groups in total. The Morgan fingerprint density at radius 1 is 1.22 bits per heavy atom. The van der Waals surface area contributed by atoms with Gasteiger partial charge >= 0.3 is 0 Å². The molecule has 0 bridgehead atoms. The van der Waals surface area contributed by atoms with Gasteiger partial charge in [-0.05, 0) is 36.3 Å². The van der Waals surface area contributed by atoms with E-state index >= 15 is 0 Å². The Morgan fingerprint density at radius 2 is 2.09 bits per heavy atom. The summed E-state index contributed by atoms with van der Waals surface area (Å²) in [5.74, 6) is 0.919.